The van der Waals surface area contributed by atoms with Gasteiger partial charge in [-0.25, -0.2) is 19.2 Å². The van der Waals surface area contributed by atoms with Crippen LogP contribution in [-0.4, -0.2) is 82.0 Å². The van der Waals surface area contributed by atoms with E-state index in [-0.39, 0.29) is 13.1 Å². The largest absolute Gasteiger partial charge is 0.444 e. The van der Waals surface area contributed by atoms with E-state index in [0.29, 0.717) is 24.2 Å². The number of rotatable bonds is 1. The summed E-state index contributed by atoms with van der Waals surface area (Å²) < 4.78 is 24.2. The van der Waals surface area contributed by atoms with E-state index in [9.17, 15) is 19.2 Å². The smallest absolute Gasteiger partial charge is 0.416 e. The van der Waals surface area contributed by atoms with E-state index in [1.165, 1.54) is 0 Å². The van der Waals surface area contributed by atoms with Crippen LogP contribution in [-0.2, 0) is 29.8 Å². The fourth-order valence-electron chi connectivity index (χ4n) is 8.71. The number of carbonyl (C=O) groups is 4. The van der Waals surface area contributed by atoms with Crippen LogP contribution in [0.4, 0.5) is 30.6 Å². The monoisotopic (exact) mass is 718 g/mol. The molecule has 12 nitrogen and oxygen atoms in total. The van der Waals surface area contributed by atoms with Gasteiger partial charge in [0.05, 0.1) is 22.2 Å². The van der Waals surface area contributed by atoms with E-state index >= 15 is 0 Å². The van der Waals surface area contributed by atoms with Crippen molar-refractivity contribution in [1.82, 2.24) is 9.80 Å². The number of carbonyl (C=O) groups excluding carboxylic acids is 4. The molecular weight excluding hydrogens is 664 g/mol. The van der Waals surface area contributed by atoms with Gasteiger partial charge in [-0.3, -0.25) is 19.6 Å². The Morgan fingerprint density at radius 2 is 0.788 bits per heavy atom. The zero-order valence-corrected chi connectivity index (χ0v) is 32.7. The lowest BCUT2D eigenvalue weighted by Crippen LogP contribution is -2.66. The molecule has 2 saturated heterocycles. The highest BCUT2D eigenvalue weighted by atomic mass is 16.6. The molecule has 282 valence electrons. The van der Waals surface area contributed by atoms with Crippen LogP contribution < -0.4 is 9.80 Å². The van der Waals surface area contributed by atoms with Crippen LogP contribution in [0.2, 0.25) is 0 Å². The number of hydrogen-bond donors (Lipinski definition) is 0. The third kappa shape index (κ3) is 6.01. The Kier molecular flexibility index (Phi) is 8.62. The molecular formula is C40H54N4O8. The summed E-state index contributed by atoms with van der Waals surface area (Å²) in [6.45, 7) is 22.1. The van der Waals surface area contributed by atoms with Crippen molar-refractivity contribution in [3.8, 4) is 0 Å². The van der Waals surface area contributed by atoms with Gasteiger partial charge in [0.1, 0.15) is 34.7 Å². The molecule has 4 amide bonds. The molecule has 0 N–H and O–H groups in total. The number of nitrogens with zero attached hydrogens (tertiary/aromatic N) is 4. The maximum atomic E-state index is 14.5. The van der Waals surface area contributed by atoms with E-state index < -0.39 is 69.9 Å². The van der Waals surface area contributed by atoms with Gasteiger partial charge in [0, 0.05) is 13.1 Å². The summed E-state index contributed by atoms with van der Waals surface area (Å²) in [7, 11) is 0. The molecule has 2 fully saturated rings. The molecule has 0 aliphatic carbocycles. The van der Waals surface area contributed by atoms with Gasteiger partial charge in [0.15, 0.2) is 0 Å². The van der Waals surface area contributed by atoms with Gasteiger partial charge in [-0.05, 0) is 119 Å². The number of likely N-dealkylation sites (tertiary alicyclic amines) is 2. The minimum Gasteiger partial charge on any atom is -0.444 e. The van der Waals surface area contributed by atoms with Crippen molar-refractivity contribution in [1.29, 1.82) is 0 Å². The van der Waals surface area contributed by atoms with Crippen LogP contribution >= 0.6 is 0 Å². The first-order valence-corrected chi connectivity index (χ1v) is 18.1. The molecule has 0 saturated carbocycles. The van der Waals surface area contributed by atoms with Gasteiger partial charge in [-0.15, -0.1) is 0 Å². The zero-order chi connectivity index (χ0) is 38.4. The third-order valence-electron chi connectivity index (χ3n) is 9.98. The number of anilines is 2. The molecule has 2 aromatic carbocycles. The molecule has 6 rings (SSSR count). The number of amides is 4. The Hall–Kier alpha value is -4.48. The van der Waals surface area contributed by atoms with Crippen molar-refractivity contribution in [3.63, 3.8) is 0 Å². The summed E-state index contributed by atoms with van der Waals surface area (Å²) >= 11 is 0. The second-order valence-corrected chi connectivity index (χ2v) is 18.3. The van der Waals surface area contributed by atoms with Crippen LogP contribution in [0, 0.1) is 0 Å². The SMILES string of the molecule is CC(C)(C)OC(=O)N1CC[C@@]2([C@@]34CCN(C(=O)OC(C)(C)C)[C@@H]3N(C(=O)OC(C)(C)C)c3ccccc34)c3ccccc3N(C(=O)OC(C)(C)C)[C@@H]12. The highest BCUT2D eigenvalue weighted by Crippen LogP contribution is 2.69. The third-order valence-corrected chi connectivity index (χ3v) is 9.98. The van der Waals surface area contributed by atoms with Crippen molar-refractivity contribution < 1.29 is 38.1 Å². The lowest BCUT2D eigenvalue weighted by Gasteiger charge is -2.50. The van der Waals surface area contributed by atoms with Gasteiger partial charge in [-0.1, -0.05) is 36.4 Å². The molecule has 0 aromatic heterocycles. The van der Waals surface area contributed by atoms with Crippen molar-refractivity contribution in [2.24, 2.45) is 0 Å². The molecule has 2 aromatic rings. The lowest BCUT2D eigenvalue weighted by molar-refractivity contribution is 0.00503. The molecule has 4 aliphatic rings. The van der Waals surface area contributed by atoms with Crippen LogP contribution in [0.25, 0.3) is 0 Å². The standard InChI is InChI=1S/C40H54N4O8/c1-35(2,3)49-31(45)41-23-21-39(25-17-13-15-19-27(25)43(29(39)41)33(47)51-37(7,8)9)40-22-24-42(32(46)50-36(4,5)6)30(40)44(34(48)52-38(10,11)12)28-20-16-14-18-26(28)40/h13-20,29-30H,21-24H2,1-12H3/t29-,30-,39-,40-/m1/s1. The van der Waals surface area contributed by atoms with Gasteiger partial charge in [0.25, 0.3) is 0 Å². The zero-order valence-electron chi connectivity index (χ0n) is 32.7. The van der Waals surface area contributed by atoms with E-state index in [1.54, 1.807) is 103 Å². The molecule has 4 atom stereocenters. The summed E-state index contributed by atoms with van der Waals surface area (Å²) in [5.74, 6) is 0. The Morgan fingerprint density at radius 3 is 1.10 bits per heavy atom. The summed E-state index contributed by atoms with van der Waals surface area (Å²) in [6.07, 6.45) is -3.49. The summed E-state index contributed by atoms with van der Waals surface area (Å²) in [6, 6.07) is 15.3. The van der Waals surface area contributed by atoms with Gasteiger partial charge in [-0.2, -0.15) is 0 Å². The van der Waals surface area contributed by atoms with Crippen LogP contribution in [0.1, 0.15) is 107 Å². The molecule has 0 radical (unpaired) electrons. The van der Waals surface area contributed by atoms with Crippen molar-refractivity contribution in [2.75, 3.05) is 22.9 Å². The molecule has 12 heteroatoms. The molecule has 52 heavy (non-hydrogen) atoms. The number of para-hydroxylation sites is 2. The fraction of sp³-hybridized carbons (Fsp3) is 0.600. The lowest BCUT2D eigenvalue weighted by atomic mass is 9.55. The first-order chi connectivity index (χ1) is 23.9. The van der Waals surface area contributed by atoms with E-state index in [4.69, 9.17) is 18.9 Å². The number of ether oxygens (including phenoxy) is 4. The van der Waals surface area contributed by atoms with Crippen LogP contribution in [0.5, 0.6) is 0 Å². The topological polar surface area (TPSA) is 118 Å². The van der Waals surface area contributed by atoms with Gasteiger partial charge < -0.3 is 18.9 Å². The quantitative estimate of drug-likeness (QED) is 0.270. The van der Waals surface area contributed by atoms with Crippen molar-refractivity contribution in [2.45, 2.75) is 141 Å². The van der Waals surface area contributed by atoms with Crippen molar-refractivity contribution >= 4 is 35.7 Å². The Bertz CT molecular complexity index is 1650. The molecule has 0 bridgehead atoms. The average Bonchev–Trinajstić information content (AvgIpc) is 3.69. The molecule has 4 aliphatic heterocycles. The van der Waals surface area contributed by atoms with Crippen molar-refractivity contribution in [3.05, 3.63) is 59.7 Å². The Balaban J connectivity index is 1.66. The number of fused-ring (bicyclic) bond motifs is 7. The van der Waals surface area contributed by atoms with Gasteiger partial charge in [0.2, 0.25) is 0 Å². The maximum absolute atomic E-state index is 14.5. The predicted octanol–water partition coefficient (Wildman–Crippen LogP) is 8.31. The van der Waals surface area contributed by atoms with E-state index in [0.717, 1.165) is 11.1 Å². The first kappa shape index (κ1) is 37.3. The van der Waals surface area contributed by atoms with E-state index in [2.05, 4.69) is 0 Å². The summed E-state index contributed by atoms with van der Waals surface area (Å²) in [5, 5.41) is 0. The van der Waals surface area contributed by atoms with Crippen LogP contribution in [0.15, 0.2) is 48.5 Å². The Morgan fingerprint density at radius 1 is 0.500 bits per heavy atom. The molecule has 0 unspecified atom stereocenters. The second-order valence-electron chi connectivity index (χ2n) is 18.3. The normalized spacial score (nSPS) is 25.3. The predicted molar refractivity (Wildman–Crippen MR) is 196 cm³/mol. The number of benzene rings is 2. The molecule has 4 heterocycles. The summed E-state index contributed by atoms with van der Waals surface area (Å²) in [5.41, 5.74) is -2.65. The summed E-state index contributed by atoms with van der Waals surface area (Å²) in [4.78, 5) is 64.1. The number of hydrogen-bond acceptors (Lipinski definition) is 8. The molecule has 0 spiro atoms. The highest BCUT2D eigenvalue weighted by Gasteiger charge is 2.77. The minimum atomic E-state index is -1.06. The highest BCUT2D eigenvalue weighted by molar-refractivity contribution is 5.98. The fourth-order valence-corrected chi connectivity index (χ4v) is 8.71. The first-order valence-electron chi connectivity index (χ1n) is 18.1. The second kappa shape index (κ2) is 12.0. The van der Waals surface area contributed by atoms with Gasteiger partial charge >= 0.3 is 24.4 Å². The van der Waals surface area contributed by atoms with E-state index in [1.807, 2.05) is 48.5 Å². The minimum absolute atomic E-state index is 0.239. The maximum Gasteiger partial charge on any atom is 0.416 e. The Labute approximate surface area is 307 Å². The average molecular weight is 719 g/mol. The van der Waals surface area contributed by atoms with Crippen LogP contribution in [0.3, 0.4) is 0 Å².